The number of nitrogens with one attached hydrogen (secondary N) is 1. The first kappa shape index (κ1) is 19.0. The van der Waals surface area contributed by atoms with Crippen LogP contribution in [-0.4, -0.2) is 22.2 Å². The van der Waals surface area contributed by atoms with Gasteiger partial charge < -0.3 is 11.1 Å². The fourth-order valence-corrected chi connectivity index (χ4v) is 3.16. The van der Waals surface area contributed by atoms with Crippen LogP contribution in [0.25, 0.3) is 0 Å². The van der Waals surface area contributed by atoms with Gasteiger partial charge in [0.05, 0.1) is 5.69 Å². The maximum atomic E-state index is 12.4. The Morgan fingerprint density at radius 2 is 2.14 bits per heavy atom. The monoisotopic (exact) mass is 328 g/mol. The summed E-state index contributed by atoms with van der Waals surface area (Å²) in [6, 6.07) is 1.98. The number of carbonyl (C=O) groups excluding carboxylic acids is 1. The van der Waals surface area contributed by atoms with E-state index in [4.69, 9.17) is 5.73 Å². The molecule has 3 N–H and O–H groups in total. The van der Waals surface area contributed by atoms with E-state index in [2.05, 4.69) is 31.2 Å². The summed E-state index contributed by atoms with van der Waals surface area (Å²) in [4.78, 5) is 12.4. The molecule has 1 heterocycles. The van der Waals surface area contributed by atoms with Crippen LogP contribution in [0.3, 0.4) is 0 Å². The van der Waals surface area contributed by atoms with Gasteiger partial charge in [0.25, 0.3) is 0 Å². The Balaban J connectivity index is 0.00000242. The van der Waals surface area contributed by atoms with Gasteiger partial charge in [0.15, 0.2) is 0 Å². The minimum absolute atomic E-state index is 0. The molecule has 1 aliphatic rings. The molecule has 2 atom stereocenters. The predicted molar refractivity (Wildman–Crippen MR) is 92.1 cm³/mol. The molecule has 6 heteroatoms. The van der Waals surface area contributed by atoms with E-state index >= 15 is 0 Å². The number of amides is 1. The zero-order chi connectivity index (χ0) is 15.6. The summed E-state index contributed by atoms with van der Waals surface area (Å²) in [5, 5.41) is 7.52. The van der Waals surface area contributed by atoms with Gasteiger partial charge >= 0.3 is 0 Å². The zero-order valence-electron chi connectivity index (χ0n) is 14.1. The van der Waals surface area contributed by atoms with E-state index in [1.807, 2.05) is 13.1 Å². The van der Waals surface area contributed by atoms with Gasteiger partial charge in [-0.1, -0.05) is 27.2 Å². The predicted octanol–water partition coefficient (Wildman–Crippen LogP) is 2.74. The van der Waals surface area contributed by atoms with Crippen LogP contribution in [0.1, 0.15) is 45.7 Å². The average molecular weight is 329 g/mol. The van der Waals surface area contributed by atoms with Crippen molar-refractivity contribution in [1.29, 1.82) is 0 Å². The summed E-state index contributed by atoms with van der Waals surface area (Å²) in [6.07, 6.45) is 4.00. The Hall–Kier alpha value is -1.07. The first-order valence-corrected chi connectivity index (χ1v) is 7.84. The van der Waals surface area contributed by atoms with Crippen molar-refractivity contribution in [2.75, 3.05) is 11.9 Å². The fourth-order valence-electron chi connectivity index (χ4n) is 3.16. The topological polar surface area (TPSA) is 72.9 Å². The van der Waals surface area contributed by atoms with Crippen molar-refractivity contribution in [3.05, 3.63) is 11.8 Å². The Bertz CT molecular complexity index is 507. The van der Waals surface area contributed by atoms with E-state index in [0.29, 0.717) is 12.5 Å². The molecule has 5 nitrogen and oxygen atoms in total. The lowest BCUT2D eigenvalue weighted by Crippen LogP contribution is -2.30. The quantitative estimate of drug-likeness (QED) is 0.892. The lowest BCUT2D eigenvalue weighted by Gasteiger charge is -2.17. The maximum absolute atomic E-state index is 12.4. The molecule has 0 aliphatic heterocycles. The Morgan fingerprint density at radius 1 is 1.45 bits per heavy atom. The number of hydrogen-bond acceptors (Lipinski definition) is 3. The van der Waals surface area contributed by atoms with Gasteiger partial charge in [0.1, 0.15) is 5.82 Å². The number of halogens is 1. The number of aromatic nitrogens is 2. The summed E-state index contributed by atoms with van der Waals surface area (Å²) >= 11 is 0. The van der Waals surface area contributed by atoms with E-state index < -0.39 is 0 Å². The highest BCUT2D eigenvalue weighted by molar-refractivity contribution is 5.92. The van der Waals surface area contributed by atoms with Gasteiger partial charge in [0.2, 0.25) is 5.91 Å². The van der Waals surface area contributed by atoms with Gasteiger partial charge in [0, 0.05) is 19.0 Å². The van der Waals surface area contributed by atoms with E-state index in [0.717, 1.165) is 37.2 Å². The van der Waals surface area contributed by atoms with Crippen LogP contribution in [0, 0.1) is 17.3 Å². The molecule has 1 aliphatic carbocycles. The molecule has 1 fully saturated rings. The molecule has 1 aromatic rings. The van der Waals surface area contributed by atoms with E-state index in [1.54, 1.807) is 4.68 Å². The number of nitrogens with two attached hydrogens (primary N) is 1. The molecule has 0 aromatic carbocycles. The zero-order valence-corrected chi connectivity index (χ0v) is 14.9. The first-order valence-electron chi connectivity index (χ1n) is 7.84. The molecule has 0 bridgehead atoms. The van der Waals surface area contributed by atoms with Crippen LogP contribution in [-0.2, 0) is 18.3 Å². The Morgan fingerprint density at radius 3 is 2.73 bits per heavy atom. The van der Waals surface area contributed by atoms with Gasteiger partial charge in [-0.25, -0.2) is 0 Å². The molecule has 22 heavy (non-hydrogen) atoms. The van der Waals surface area contributed by atoms with Gasteiger partial charge in [-0.2, -0.15) is 5.10 Å². The third-order valence-corrected chi connectivity index (χ3v) is 4.19. The molecule has 1 aromatic heterocycles. The molecule has 126 valence electrons. The van der Waals surface area contributed by atoms with Crippen LogP contribution >= 0.6 is 12.4 Å². The fraction of sp³-hybridized carbons (Fsp3) is 0.750. The van der Waals surface area contributed by atoms with Crippen LogP contribution in [0.4, 0.5) is 5.82 Å². The van der Waals surface area contributed by atoms with Crippen molar-refractivity contribution >= 4 is 24.1 Å². The van der Waals surface area contributed by atoms with E-state index in [1.165, 1.54) is 0 Å². The number of rotatable bonds is 4. The third kappa shape index (κ3) is 4.71. The summed E-state index contributed by atoms with van der Waals surface area (Å²) in [7, 11) is 1.87. The van der Waals surface area contributed by atoms with Crippen LogP contribution in [0.2, 0.25) is 0 Å². The van der Waals surface area contributed by atoms with E-state index in [-0.39, 0.29) is 29.6 Å². The summed E-state index contributed by atoms with van der Waals surface area (Å²) < 4.78 is 1.76. The molecule has 1 amide bonds. The standard InChI is InChI=1S/C16H28N4O.ClH/c1-16(2,3)9-12-8-14(20(4)19-12)18-15(21)13-7-5-6-11(13)10-17;/h8,11,13H,5-7,9-10,17H2,1-4H3,(H,18,21);1H/t11-,13-;/m1./s1. The van der Waals surface area contributed by atoms with Gasteiger partial charge in [-0.3, -0.25) is 9.48 Å². The Labute approximate surface area is 139 Å². The number of anilines is 1. The van der Waals surface area contributed by atoms with Crippen molar-refractivity contribution in [3.8, 4) is 0 Å². The minimum Gasteiger partial charge on any atom is -0.330 e. The van der Waals surface area contributed by atoms with Crippen LogP contribution in [0.15, 0.2) is 6.07 Å². The second-order valence-corrected chi connectivity index (χ2v) is 7.40. The Kier molecular flexibility index (Phi) is 6.44. The molecule has 0 spiro atoms. The van der Waals surface area contributed by atoms with Gasteiger partial charge in [-0.15, -0.1) is 12.4 Å². The maximum Gasteiger partial charge on any atom is 0.228 e. The second kappa shape index (κ2) is 7.47. The van der Waals surface area contributed by atoms with Crippen molar-refractivity contribution in [2.24, 2.45) is 30.0 Å². The smallest absolute Gasteiger partial charge is 0.228 e. The summed E-state index contributed by atoms with van der Waals surface area (Å²) in [6.45, 7) is 7.15. The SMILES string of the molecule is Cl.Cn1nc(CC(C)(C)C)cc1NC(=O)[C@@H]1CCC[C@@H]1CN. The highest BCUT2D eigenvalue weighted by Gasteiger charge is 2.32. The molecule has 1 saturated carbocycles. The largest absolute Gasteiger partial charge is 0.330 e. The molecule has 0 saturated heterocycles. The lowest BCUT2D eigenvalue weighted by molar-refractivity contribution is -0.120. The molecule has 2 rings (SSSR count). The molecular formula is C16H29ClN4O. The van der Waals surface area contributed by atoms with E-state index in [9.17, 15) is 4.79 Å². The number of aryl methyl sites for hydroxylation is 1. The van der Waals surface area contributed by atoms with Crippen molar-refractivity contribution < 1.29 is 4.79 Å². The highest BCUT2D eigenvalue weighted by Crippen LogP contribution is 2.32. The summed E-state index contributed by atoms with van der Waals surface area (Å²) in [5.41, 5.74) is 6.96. The average Bonchev–Trinajstić information content (AvgIpc) is 2.94. The third-order valence-electron chi connectivity index (χ3n) is 4.19. The number of hydrogen-bond donors (Lipinski definition) is 2. The summed E-state index contributed by atoms with van der Waals surface area (Å²) in [5.74, 6) is 1.25. The molecular weight excluding hydrogens is 300 g/mol. The highest BCUT2D eigenvalue weighted by atomic mass is 35.5. The van der Waals surface area contributed by atoms with Crippen molar-refractivity contribution in [1.82, 2.24) is 9.78 Å². The van der Waals surface area contributed by atoms with Gasteiger partial charge in [-0.05, 0) is 37.1 Å². The molecule has 0 unspecified atom stereocenters. The number of nitrogens with zero attached hydrogens (tertiary/aromatic N) is 2. The lowest BCUT2D eigenvalue weighted by atomic mass is 9.91. The molecule has 0 radical (unpaired) electrons. The second-order valence-electron chi connectivity index (χ2n) is 7.40. The van der Waals surface area contributed by atoms with Crippen LogP contribution in [0.5, 0.6) is 0 Å². The van der Waals surface area contributed by atoms with Crippen molar-refractivity contribution in [2.45, 2.75) is 46.5 Å². The minimum atomic E-state index is 0. The first-order chi connectivity index (χ1) is 9.80. The van der Waals surface area contributed by atoms with Crippen molar-refractivity contribution in [3.63, 3.8) is 0 Å². The normalized spacial score (nSPS) is 21.5. The van der Waals surface area contributed by atoms with Crippen LogP contribution < -0.4 is 11.1 Å². The number of carbonyl (C=O) groups is 1.